The first-order valence-electron chi connectivity index (χ1n) is 7.19. The van der Waals surface area contributed by atoms with Crippen molar-refractivity contribution in [1.82, 2.24) is 4.98 Å². The number of aldehydes is 1. The number of benzene rings is 1. The highest BCUT2D eigenvalue weighted by Crippen LogP contribution is 2.32. The van der Waals surface area contributed by atoms with E-state index >= 15 is 0 Å². The largest absolute Gasteiger partial charge is 0.298 e. The van der Waals surface area contributed by atoms with E-state index in [1.54, 1.807) is 0 Å². The zero-order valence-corrected chi connectivity index (χ0v) is 11.4. The number of fused-ring (bicyclic) bond motifs is 2. The molecule has 1 aromatic carbocycles. The van der Waals surface area contributed by atoms with Gasteiger partial charge in [0.25, 0.3) is 0 Å². The van der Waals surface area contributed by atoms with Gasteiger partial charge in [0.2, 0.25) is 0 Å². The fraction of sp³-hybridized carbons (Fsp3) is 0.412. The van der Waals surface area contributed by atoms with Crippen LogP contribution in [0.1, 0.15) is 47.8 Å². The maximum atomic E-state index is 11.5. The molecule has 0 saturated heterocycles. The van der Waals surface area contributed by atoms with Crippen LogP contribution in [0.25, 0.3) is 10.9 Å². The Morgan fingerprint density at radius 2 is 2.21 bits per heavy atom. The summed E-state index contributed by atoms with van der Waals surface area (Å²) < 4.78 is 0. The molecule has 1 aliphatic carbocycles. The van der Waals surface area contributed by atoms with Crippen LogP contribution in [0.15, 0.2) is 24.3 Å². The van der Waals surface area contributed by atoms with Crippen LogP contribution in [-0.2, 0) is 12.8 Å². The van der Waals surface area contributed by atoms with E-state index in [4.69, 9.17) is 4.98 Å². The molecule has 0 radical (unpaired) electrons. The van der Waals surface area contributed by atoms with Gasteiger partial charge in [0.05, 0.1) is 5.52 Å². The highest BCUT2D eigenvalue weighted by Gasteiger charge is 2.23. The molecule has 0 spiro atoms. The van der Waals surface area contributed by atoms with E-state index < -0.39 is 0 Å². The van der Waals surface area contributed by atoms with Crippen LogP contribution in [0.3, 0.4) is 0 Å². The van der Waals surface area contributed by atoms with Gasteiger partial charge in [0.15, 0.2) is 6.29 Å². The molecule has 0 saturated carbocycles. The third-order valence-corrected chi connectivity index (χ3v) is 4.22. The van der Waals surface area contributed by atoms with E-state index in [1.807, 2.05) is 24.3 Å². The second kappa shape index (κ2) is 5.12. The fourth-order valence-electron chi connectivity index (χ4n) is 3.29. The minimum absolute atomic E-state index is 0.721. The van der Waals surface area contributed by atoms with Crippen LogP contribution in [0.2, 0.25) is 0 Å². The fourth-order valence-corrected chi connectivity index (χ4v) is 3.29. The number of nitrogens with zero attached hydrogens (tertiary/aromatic N) is 1. The van der Waals surface area contributed by atoms with E-state index in [2.05, 4.69) is 6.92 Å². The smallest absolute Gasteiger partial charge is 0.151 e. The highest BCUT2D eigenvalue weighted by atomic mass is 16.1. The van der Waals surface area contributed by atoms with E-state index in [0.717, 1.165) is 47.2 Å². The van der Waals surface area contributed by atoms with Crippen molar-refractivity contribution in [1.29, 1.82) is 0 Å². The minimum Gasteiger partial charge on any atom is -0.298 e. The number of rotatable bonds is 3. The number of carbonyl (C=O) groups is 1. The summed E-state index contributed by atoms with van der Waals surface area (Å²) in [5.74, 6) is 0.721. The summed E-state index contributed by atoms with van der Waals surface area (Å²) in [5.41, 5.74) is 4.19. The highest BCUT2D eigenvalue weighted by molar-refractivity contribution is 5.98. The number of para-hydroxylation sites is 1. The van der Waals surface area contributed by atoms with Gasteiger partial charge in [-0.3, -0.25) is 9.78 Å². The van der Waals surface area contributed by atoms with Crippen molar-refractivity contribution in [3.05, 3.63) is 41.1 Å². The zero-order valence-electron chi connectivity index (χ0n) is 11.4. The Balaban J connectivity index is 2.14. The van der Waals surface area contributed by atoms with Gasteiger partial charge in [-0.2, -0.15) is 0 Å². The molecule has 1 atom stereocenters. The van der Waals surface area contributed by atoms with Crippen LogP contribution in [0.4, 0.5) is 0 Å². The lowest BCUT2D eigenvalue weighted by Gasteiger charge is -2.25. The van der Waals surface area contributed by atoms with Crippen molar-refractivity contribution in [2.24, 2.45) is 5.92 Å². The van der Waals surface area contributed by atoms with Crippen molar-refractivity contribution < 1.29 is 4.79 Å². The summed E-state index contributed by atoms with van der Waals surface area (Å²) >= 11 is 0. The van der Waals surface area contributed by atoms with Gasteiger partial charge < -0.3 is 0 Å². The first kappa shape index (κ1) is 12.3. The predicted octanol–water partition coefficient (Wildman–Crippen LogP) is 3.95. The number of carbonyl (C=O) groups excluding carboxylic acids is 1. The molecule has 0 aliphatic heterocycles. The second-order valence-electron chi connectivity index (χ2n) is 5.48. The minimum atomic E-state index is 0.721. The molecule has 1 aliphatic rings. The van der Waals surface area contributed by atoms with Crippen LogP contribution >= 0.6 is 0 Å². The molecule has 1 aromatic heterocycles. The number of hydrogen-bond donors (Lipinski definition) is 0. The monoisotopic (exact) mass is 253 g/mol. The Kier molecular flexibility index (Phi) is 3.33. The number of aryl methyl sites for hydroxylation is 1. The third-order valence-electron chi connectivity index (χ3n) is 4.22. The lowest BCUT2D eigenvalue weighted by Crippen LogP contribution is -2.17. The summed E-state index contributed by atoms with van der Waals surface area (Å²) in [6.07, 6.45) is 6.75. The first-order valence-corrected chi connectivity index (χ1v) is 7.19. The average Bonchev–Trinajstić information content (AvgIpc) is 2.45. The number of aromatic nitrogens is 1. The average molecular weight is 253 g/mol. The topological polar surface area (TPSA) is 30.0 Å². The molecule has 0 bridgehead atoms. The normalized spacial score (nSPS) is 18.3. The van der Waals surface area contributed by atoms with E-state index in [0.29, 0.717) is 0 Å². The van der Waals surface area contributed by atoms with Gasteiger partial charge in [0, 0.05) is 16.6 Å². The maximum Gasteiger partial charge on any atom is 0.151 e. The molecule has 0 amide bonds. The van der Waals surface area contributed by atoms with Gasteiger partial charge >= 0.3 is 0 Å². The van der Waals surface area contributed by atoms with Gasteiger partial charge in [-0.25, -0.2) is 0 Å². The summed E-state index contributed by atoms with van der Waals surface area (Å²) in [6, 6.07) is 7.98. The Bertz CT molecular complexity index is 618. The van der Waals surface area contributed by atoms with Crippen LogP contribution in [0.5, 0.6) is 0 Å². The van der Waals surface area contributed by atoms with Crippen molar-refractivity contribution in [2.45, 2.75) is 39.0 Å². The summed E-state index contributed by atoms with van der Waals surface area (Å²) in [6.45, 7) is 2.23. The van der Waals surface area contributed by atoms with Crippen molar-refractivity contribution in [3.8, 4) is 0 Å². The van der Waals surface area contributed by atoms with Gasteiger partial charge in [-0.15, -0.1) is 0 Å². The lowest BCUT2D eigenvalue weighted by atomic mass is 9.81. The number of hydrogen-bond acceptors (Lipinski definition) is 2. The van der Waals surface area contributed by atoms with E-state index in [-0.39, 0.29) is 0 Å². The van der Waals surface area contributed by atoms with Gasteiger partial charge in [0.1, 0.15) is 0 Å². The second-order valence-corrected chi connectivity index (χ2v) is 5.48. The van der Waals surface area contributed by atoms with Gasteiger partial charge in [-0.1, -0.05) is 38.0 Å². The van der Waals surface area contributed by atoms with Crippen molar-refractivity contribution >= 4 is 17.2 Å². The van der Waals surface area contributed by atoms with E-state index in [1.165, 1.54) is 24.8 Å². The molecule has 1 unspecified atom stereocenters. The molecule has 0 fully saturated rings. The number of pyridine rings is 1. The van der Waals surface area contributed by atoms with Crippen LogP contribution in [0, 0.1) is 5.92 Å². The molecule has 0 N–H and O–H groups in total. The molecule has 1 heterocycles. The molecule has 19 heavy (non-hydrogen) atoms. The van der Waals surface area contributed by atoms with E-state index in [9.17, 15) is 4.79 Å². The predicted molar refractivity (Wildman–Crippen MR) is 77.6 cm³/mol. The Hall–Kier alpha value is -1.70. The maximum absolute atomic E-state index is 11.5. The van der Waals surface area contributed by atoms with Crippen molar-refractivity contribution in [2.75, 3.05) is 0 Å². The summed E-state index contributed by atoms with van der Waals surface area (Å²) in [4.78, 5) is 16.3. The lowest BCUT2D eigenvalue weighted by molar-refractivity contribution is 0.112. The van der Waals surface area contributed by atoms with Crippen molar-refractivity contribution in [3.63, 3.8) is 0 Å². The van der Waals surface area contributed by atoms with Crippen LogP contribution in [-0.4, -0.2) is 11.3 Å². The summed E-state index contributed by atoms with van der Waals surface area (Å²) in [7, 11) is 0. The standard InChI is InChI=1S/C17H19NO/c1-2-5-12-8-9-17-14(10-12)15(11-19)13-6-3-4-7-16(13)18-17/h3-4,6-7,11-12H,2,5,8-10H2,1H3. The molecular formula is C17H19NO. The zero-order chi connectivity index (χ0) is 13.2. The van der Waals surface area contributed by atoms with Gasteiger partial charge in [-0.05, 0) is 36.8 Å². The van der Waals surface area contributed by atoms with Crippen LogP contribution < -0.4 is 0 Å². The molecule has 3 rings (SSSR count). The molecule has 2 aromatic rings. The molecule has 2 nitrogen and oxygen atoms in total. The third kappa shape index (κ3) is 2.16. The molecule has 98 valence electrons. The molecular weight excluding hydrogens is 234 g/mol. The quantitative estimate of drug-likeness (QED) is 0.775. The SMILES string of the molecule is CCCC1CCc2nc3ccccc3c(C=O)c2C1. The Morgan fingerprint density at radius 1 is 1.37 bits per heavy atom. The molecule has 2 heteroatoms. The Morgan fingerprint density at radius 3 is 3.00 bits per heavy atom. The first-order chi connectivity index (χ1) is 9.33. The summed E-state index contributed by atoms with van der Waals surface area (Å²) in [5, 5.41) is 1.01. The Labute approximate surface area is 113 Å².